The number of imidazole rings is 1. The number of halogens is 2. The third-order valence-corrected chi connectivity index (χ3v) is 11.7. The molecule has 3 fully saturated rings. The quantitative estimate of drug-likeness (QED) is 0.362. The first-order chi connectivity index (χ1) is 22.0. The van der Waals surface area contributed by atoms with E-state index in [1.54, 1.807) is 4.90 Å². The van der Waals surface area contributed by atoms with Crippen molar-refractivity contribution in [2.45, 2.75) is 74.1 Å². The van der Waals surface area contributed by atoms with Crippen LogP contribution in [0.2, 0.25) is 5.02 Å². The van der Waals surface area contributed by atoms with E-state index in [1.165, 1.54) is 5.52 Å². The van der Waals surface area contributed by atoms with Gasteiger partial charge in [0.15, 0.2) is 0 Å². The zero-order chi connectivity index (χ0) is 32.2. The van der Waals surface area contributed by atoms with Gasteiger partial charge in [0.1, 0.15) is 16.5 Å². The van der Waals surface area contributed by atoms with Crippen molar-refractivity contribution >= 4 is 38.6 Å². The summed E-state index contributed by atoms with van der Waals surface area (Å²) in [5, 5.41) is 5.06. The Morgan fingerprint density at radius 1 is 1.15 bits per heavy atom. The molecule has 12 heteroatoms. The predicted molar refractivity (Wildman–Crippen MR) is 175 cm³/mol. The fourth-order valence-electron chi connectivity index (χ4n) is 8.36. The van der Waals surface area contributed by atoms with E-state index in [0.29, 0.717) is 37.8 Å². The molecule has 2 N–H and O–H groups in total. The van der Waals surface area contributed by atoms with Gasteiger partial charge in [0.25, 0.3) is 5.91 Å². The number of carbonyl (C=O) groups excluding carboxylic acids is 1. The minimum atomic E-state index is -4.39. The Kier molecular flexibility index (Phi) is 8.34. The van der Waals surface area contributed by atoms with Gasteiger partial charge >= 0.3 is 0 Å². The van der Waals surface area contributed by atoms with E-state index < -0.39 is 32.2 Å². The second kappa shape index (κ2) is 12.2. The number of para-hydroxylation sites is 2. The number of sulfonamides is 1. The summed E-state index contributed by atoms with van der Waals surface area (Å²) in [6, 6.07) is 11.5. The van der Waals surface area contributed by atoms with Gasteiger partial charge in [-0.25, -0.2) is 22.9 Å². The normalized spacial score (nSPS) is 28.3. The van der Waals surface area contributed by atoms with Crippen LogP contribution in [0.5, 0.6) is 0 Å². The van der Waals surface area contributed by atoms with Crippen molar-refractivity contribution in [3.05, 3.63) is 82.9 Å². The molecule has 3 saturated heterocycles. The highest BCUT2D eigenvalue weighted by Crippen LogP contribution is 2.44. The Labute approximate surface area is 273 Å². The maximum atomic E-state index is 14.4. The molecule has 1 aliphatic carbocycles. The van der Waals surface area contributed by atoms with Gasteiger partial charge in [-0.1, -0.05) is 48.0 Å². The molecule has 3 aliphatic heterocycles. The summed E-state index contributed by atoms with van der Waals surface area (Å²) in [7, 11) is -4.39. The molecule has 3 aromatic rings. The molecule has 4 heterocycles. The highest BCUT2D eigenvalue weighted by atomic mass is 35.5. The van der Waals surface area contributed by atoms with E-state index in [-0.39, 0.29) is 16.5 Å². The van der Waals surface area contributed by atoms with Crippen LogP contribution in [0.3, 0.4) is 0 Å². The first-order valence-electron chi connectivity index (χ1n) is 16.0. The topological polar surface area (TPSA) is 111 Å². The zero-order valence-electron chi connectivity index (χ0n) is 25.8. The number of morpholine rings is 1. The molecule has 1 amide bonds. The lowest BCUT2D eigenvalue weighted by atomic mass is 9.78. The van der Waals surface area contributed by atoms with Gasteiger partial charge in [-0.05, 0) is 69.7 Å². The van der Waals surface area contributed by atoms with E-state index in [1.807, 2.05) is 18.2 Å². The average Bonchev–Trinajstić information content (AvgIpc) is 3.49. The molecule has 2 bridgehead atoms. The van der Waals surface area contributed by atoms with Gasteiger partial charge in [0.2, 0.25) is 10.0 Å². The van der Waals surface area contributed by atoms with Crippen LogP contribution in [0.1, 0.15) is 60.7 Å². The molecule has 5 atom stereocenters. The van der Waals surface area contributed by atoms with Crippen LogP contribution in [0.25, 0.3) is 11.0 Å². The van der Waals surface area contributed by atoms with Crippen molar-refractivity contribution in [1.29, 1.82) is 0 Å². The van der Waals surface area contributed by atoms with E-state index >= 15 is 0 Å². The lowest BCUT2D eigenvalue weighted by Gasteiger charge is -2.48. The summed E-state index contributed by atoms with van der Waals surface area (Å²) >= 11 is 6.29. The van der Waals surface area contributed by atoms with Crippen LogP contribution in [0, 0.1) is 18.7 Å². The van der Waals surface area contributed by atoms with E-state index in [2.05, 4.69) is 46.7 Å². The van der Waals surface area contributed by atoms with Crippen molar-refractivity contribution in [3.8, 4) is 0 Å². The van der Waals surface area contributed by atoms with E-state index in [9.17, 15) is 17.6 Å². The number of benzene rings is 2. The number of nitrogens with two attached hydrogens (primary N) is 1. The van der Waals surface area contributed by atoms with E-state index in [0.717, 1.165) is 68.5 Å². The van der Waals surface area contributed by atoms with Crippen molar-refractivity contribution in [2.75, 3.05) is 26.2 Å². The molecular formula is C34H39ClFN5O4S. The lowest BCUT2D eigenvalue weighted by molar-refractivity contribution is -0.131. The van der Waals surface area contributed by atoms with Crippen molar-refractivity contribution in [3.63, 3.8) is 0 Å². The molecule has 3 unspecified atom stereocenters. The zero-order valence-corrected chi connectivity index (χ0v) is 27.4. The predicted octanol–water partition coefficient (Wildman–Crippen LogP) is 5.39. The number of allylic oxidation sites excluding steroid dienone is 3. The lowest BCUT2D eigenvalue weighted by Crippen LogP contribution is -2.58. The number of aromatic nitrogens is 2. The number of primary sulfonamides is 1. The molecule has 9 nitrogen and oxygen atoms in total. The van der Waals surface area contributed by atoms with Gasteiger partial charge in [-0.2, -0.15) is 0 Å². The highest BCUT2D eigenvalue weighted by molar-refractivity contribution is 7.89. The Balaban J connectivity index is 1.12. The molecule has 1 aromatic heterocycles. The van der Waals surface area contributed by atoms with Crippen LogP contribution < -0.4 is 5.14 Å². The highest BCUT2D eigenvalue weighted by Gasteiger charge is 2.47. The molecule has 7 rings (SSSR count). The Bertz CT molecular complexity index is 1830. The fourth-order valence-corrected chi connectivity index (χ4v) is 9.20. The minimum absolute atomic E-state index is 0.0481. The average molecular weight is 668 g/mol. The Morgan fingerprint density at radius 3 is 2.63 bits per heavy atom. The van der Waals surface area contributed by atoms with Crippen molar-refractivity contribution in [1.82, 2.24) is 19.4 Å². The van der Waals surface area contributed by atoms with Gasteiger partial charge in [-0.3, -0.25) is 9.69 Å². The summed E-state index contributed by atoms with van der Waals surface area (Å²) in [6.07, 6.45) is 14.3. The third-order valence-electron chi connectivity index (χ3n) is 10.5. The van der Waals surface area contributed by atoms with Crippen LogP contribution in [0.4, 0.5) is 4.39 Å². The van der Waals surface area contributed by atoms with Crippen LogP contribution >= 0.6 is 11.6 Å². The van der Waals surface area contributed by atoms with E-state index in [4.69, 9.17) is 26.5 Å². The van der Waals surface area contributed by atoms with Crippen molar-refractivity contribution in [2.24, 2.45) is 11.1 Å². The third kappa shape index (κ3) is 5.70. The monoisotopic (exact) mass is 667 g/mol. The Morgan fingerprint density at radius 2 is 1.91 bits per heavy atom. The first-order valence-corrected chi connectivity index (χ1v) is 17.9. The van der Waals surface area contributed by atoms with Crippen molar-refractivity contribution < 1.29 is 22.3 Å². The smallest absolute Gasteiger partial charge is 0.255 e. The number of carbonyl (C=O) groups is 1. The maximum absolute atomic E-state index is 14.4. The SMILES string of the molecule is Cc1nc2ccccc2n1C1C[C@H]2CC[C@@H](C1)N2CCC1(C2C=CC=CC2)CN(C(=O)c2cc(S(N)(=O)=O)c(F)cc2Cl)CCO1. The second-order valence-corrected chi connectivity index (χ2v) is 15.1. The molecule has 0 radical (unpaired) electrons. The number of piperidine rings is 1. The number of rotatable bonds is 7. The largest absolute Gasteiger partial charge is 0.371 e. The van der Waals surface area contributed by atoms with Crippen LogP contribution in [-0.4, -0.2) is 77.6 Å². The number of hydrogen-bond acceptors (Lipinski definition) is 6. The number of aryl methyl sites for hydroxylation is 1. The summed E-state index contributed by atoms with van der Waals surface area (Å²) in [5.41, 5.74) is 1.50. The van der Waals surface area contributed by atoms with Gasteiger partial charge in [-0.15, -0.1) is 0 Å². The number of fused-ring (bicyclic) bond motifs is 3. The summed E-state index contributed by atoms with van der Waals surface area (Å²) in [4.78, 5) is 22.3. The second-order valence-electron chi connectivity index (χ2n) is 13.1. The molecule has 4 aliphatic rings. The first kappa shape index (κ1) is 31.5. The molecule has 46 heavy (non-hydrogen) atoms. The van der Waals surface area contributed by atoms with Gasteiger partial charge < -0.3 is 14.2 Å². The molecule has 2 aromatic carbocycles. The molecular weight excluding hydrogens is 629 g/mol. The Hall–Kier alpha value is -3.09. The number of hydrogen-bond donors (Lipinski definition) is 1. The number of ether oxygens (including phenoxy) is 1. The standard InChI is InChI=1S/C34H39ClFN5O4S/c1-22-38-30-9-5-6-10-31(30)41(22)26-17-24-11-12-25(18-26)40(24)14-13-34(23-7-3-2-4-8-23)21-39(15-16-45-34)33(42)27-19-32(46(37,43)44)29(36)20-28(27)35/h2-7,9-10,19-20,23-26H,8,11-18,21H2,1H3,(H2,37,43,44)/t23?,24-,25+,26?,34?. The van der Waals surface area contributed by atoms with Gasteiger partial charge in [0.05, 0.1) is 40.4 Å². The van der Waals surface area contributed by atoms with Crippen LogP contribution in [-0.2, 0) is 14.8 Å². The fraction of sp³-hybridized carbons (Fsp3) is 0.471. The molecule has 0 saturated carbocycles. The maximum Gasteiger partial charge on any atom is 0.255 e. The number of nitrogens with zero attached hydrogens (tertiary/aromatic N) is 4. The summed E-state index contributed by atoms with van der Waals surface area (Å²) in [6.45, 7) is 3.88. The number of amides is 1. The van der Waals surface area contributed by atoms with Gasteiger partial charge in [0, 0.05) is 37.1 Å². The summed E-state index contributed by atoms with van der Waals surface area (Å²) in [5.74, 6) is -0.448. The minimum Gasteiger partial charge on any atom is -0.371 e. The summed E-state index contributed by atoms with van der Waals surface area (Å²) < 4.78 is 47.5. The molecule has 0 spiro atoms. The molecule has 244 valence electrons. The van der Waals surface area contributed by atoms with Crippen LogP contribution in [0.15, 0.2) is 65.6 Å².